The first-order chi connectivity index (χ1) is 5.76. The zero-order valence-corrected chi connectivity index (χ0v) is 7.98. The predicted molar refractivity (Wildman–Crippen MR) is 50.2 cm³/mol. The van der Waals surface area contributed by atoms with E-state index in [9.17, 15) is 0 Å². The summed E-state index contributed by atoms with van der Waals surface area (Å²) in [6, 6.07) is 2.47. The number of rotatable bonds is 3. The van der Waals surface area contributed by atoms with Crippen LogP contribution in [0.15, 0.2) is 6.20 Å². The molecule has 64 valence electrons. The molecule has 1 atom stereocenters. The van der Waals surface area contributed by atoms with Crippen LogP contribution in [0.5, 0.6) is 0 Å². The number of hydrogen-bond acceptors (Lipinski definition) is 4. The molecule has 1 N–H and O–H groups in total. The van der Waals surface area contributed by atoms with Crippen molar-refractivity contribution >= 4 is 16.5 Å². The molecule has 0 radical (unpaired) electrons. The van der Waals surface area contributed by atoms with Gasteiger partial charge in [-0.1, -0.05) is 18.3 Å². The van der Waals surface area contributed by atoms with E-state index in [0.29, 0.717) is 10.9 Å². The molecule has 0 aliphatic rings. The molecule has 0 saturated carbocycles. The molecule has 12 heavy (non-hydrogen) atoms. The van der Waals surface area contributed by atoms with E-state index in [1.165, 1.54) is 11.3 Å². The van der Waals surface area contributed by atoms with Crippen LogP contribution in [-0.2, 0) is 0 Å². The van der Waals surface area contributed by atoms with Crippen molar-refractivity contribution in [2.75, 3.05) is 5.32 Å². The summed E-state index contributed by atoms with van der Waals surface area (Å²) in [6.07, 6.45) is 2.65. The maximum atomic E-state index is 8.53. The third-order valence-electron chi connectivity index (χ3n) is 1.60. The number of nitrogens with zero attached hydrogens (tertiary/aromatic N) is 2. The van der Waals surface area contributed by atoms with Crippen molar-refractivity contribution in [1.82, 2.24) is 4.98 Å². The molecule has 0 aliphatic heterocycles. The molecule has 0 amide bonds. The first-order valence-electron chi connectivity index (χ1n) is 3.88. The Morgan fingerprint density at radius 1 is 1.83 bits per heavy atom. The van der Waals surface area contributed by atoms with Gasteiger partial charge in [-0.15, -0.1) is 0 Å². The zero-order chi connectivity index (χ0) is 8.97. The molecule has 0 saturated heterocycles. The van der Waals surface area contributed by atoms with Crippen molar-refractivity contribution in [3.63, 3.8) is 0 Å². The molecule has 0 fully saturated rings. The van der Waals surface area contributed by atoms with Crippen molar-refractivity contribution in [2.45, 2.75) is 26.3 Å². The second kappa shape index (κ2) is 4.07. The van der Waals surface area contributed by atoms with Crippen LogP contribution in [0.2, 0.25) is 0 Å². The van der Waals surface area contributed by atoms with Crippen molar-refractivity contribution in [3.8, 4) is 6.07 Å². The molecular formula is C8H11N3S. The van der Waals surface area contributed by atoms with Crippen LogP contribution < -0.4 is 5.32 Å². The van der Waals surface area contributed by atoms with Crippen LogP contribution >= 0.6 is 11.3 Å². The second-order valence-electron chi connectivity index (χ2n) is 2.60. The standard InChI is InChI=1S/C8H11N3S/c1-3-6(2)11-8-10-5-7(4-9)12-8/h5-6H,3H2,1-2H3,(H,10,11). The fourth-order valence-corrected chi connectivity index (χ4v) is 1.43. The van der Waals surface area contributed by atoms with Crippen LogP contribution in [0.1, 0.15) is 25.1 Å². The van der Waals surface area contributed by atoms with E-state index in [-0.39, 0.29) is 0 Å². The highest BCUT2D eigenvalue weighted by molar-refractivity contribution is 7.16. The van der Waals surface area contributed by atoms with E-state index in [0.717, 1.165) is 11.6 Å². The van der Waals surface area contributed by atoms with E-state index in [1.54, 1.807) is 6.20 Å². The number of nitriles is 1. The Bertz CT molecular complexity index is 287. The Labute approximate surface area is 76.1 Å². The average molecular weight is 181 g/mol. The summed E-state index contributed by atoms with van der Waals surface area (Å²) in [5, 5.41) is 12.6. The van der Waals surface area contributed by atoms with Gasteiger partial charge in [0.25, 0.3) is 0 Å². The largest absolute Gasteiger partial charge is 0.359 e. The molecular weight excluding hydrogens is 170 g/mol. The first kappa shape index (κ1) is 9.01. The smallest absolute Gasteiger partial charge is 0.184 e. The van der Waals surface area contributed by atoms with Crippen LogP contribution in [0.3, 0.4) is 0 Å². The number of nitrogens with one attached hydrogen (secondary N) is 1. The first-order valence-corrected chi connectivity index (χ1v) is 4.70. The number of hydrogen-bond donors (Lipinski definition) is 1. The summed E-state index contributed by atoms with van der Waals surface area (Å²) in [6.45, 7) is 4.20. The second-order valence-corrected chi connectivity index (χ2v) is 3.63. The van der Waals surface area contributed by atoms with Gasteiger partial charge in [0.2, 0.25) is 0 Å². The highest BCUT2D eigenvalue weighted by atomic mass is 32.1. The summed E-state index contributed by atoms with van der Waals surface area (Å²) in [4.78, 5) is 4.71. The van der Waals surface area contributed by atoms with Crippen LogP contribution in [0.25, 0.3) is 0 Å². The Hall–Kier alpha value is -1.08. The van der Waals surface area contributed by atoms with E-state index in [1.807, 2.05) is 0 Å². The summed E-state index contributed by atoms with van der Waals surface area (Å²) in [7, 11) is 0. The lowest BCUT2D eigenvalue weighted by molar-refractivity contribution is 0.763. The van der Waals surface area contributed by atoms with Gasteiger partial charge in [-0.25, -0.2) is 4.98 Å². The minimum absolute atomic E-state index is 0.419. The fraction of sp³-hybridized carbons (Fsp3) is 0.500. The molecule has 4 heteroatoms. The molecule has 1 unspecified atom stereocenters. The zero-order valence-electron chi connectivity index (χ0n) is 7.16. The van der Waals surface area contributed by atoms with Crippen LogP contribution in [0.4, 0.5) is 5.13 Å². The lowest BCUT2D eigenvalue weighted by atomic mass is 10.3. The molecule has 0 bridgehead atoms. The van der Waals surface area contributed by atoms with E-state index in [2.05, 4.69) is 30.2 Å². The van der Waals surface area contributed by atoms with Gasteiger partial charge in [0.05, 0.1) is 6.20 Å². The van der Waals surface area contributed by atoms with Gasteiger partial charge in [0, 0.05) is 6.04 Å². The summed E-state index contributed by atoms with van der Waals surface area (Å²) in [5.74, 6) is 0. The number of aromatic nitrogens is 1. The van der Waals surface area contributed by atoms with Gasteiger partial charge >= 0.3 is 0 Å². The predicted octanol–water partition coefficient (Wildman–Crippen LogP) is 2.23. The lowest BCUT2D eigenvalue weighted by Gasteiger charge is -2.08. The molecule has 0 aromatic carbocycles. The highest BCUT2D eigenvalue weighted by Gasteiger charge is 2.02. The Balaban J connectivity index is 2.59. The van der Waals surface area contributed by atoms with Crippen LogP contribution in [0, 0.1) is 11.3 Å². The maximum Gasteiger partial charge on any atom is 0.184 e. The molecule has 1 aromatic rings. The van der Waals surface area contributed by atoms with Gasteiger partial charge in [-0.2, -0.15) is 5.26 Å². The average Bonchev–Trinajstić information content (AvgIpc) is 2.52. The van der Waals surface area contributed by atoms with Gasteiger partial charge in [0.15, 0.2) is 5.13 Å². The van der Waals surface area contributed by atoms with Crippen molar-refractivity contribution in [2.24, 2.45) is 0 Å². The number of thiazole rings is 1. The van der Waals surface area contributed by atoms with Crippen molar-refractivity contribution in [1.29, 1.82) is 5.26 Å². The van der Waals surface area contributed by atoms with Gasteiger partial charge in [-0.3, -0.25) is 0 Å². The normalized spacial score (nSPS) is 12.1. The molecule has 1 aromatic heterocycles. The van der Waals surface area contributed by atoms with E-state index in [4.69, 9.17) is 5.26 Å². The topological polar surface area (TPSA) is 48.7 Å². The van der Waals surface area contributed by atoms with Gasteiger partial charge in [0.1, 0.15) is 10.9 Å². The quantitative estimate of drug-likeness (QED) is 0.777. The Morgan fingerprint density at radius 2 is 2.58 bits per heavy atom. The van der Waals surface area contributed by atoms with Crippen molar-refractivity contribution in [3.05, 3.63) is 11.1 Å². The molecule has 1 heterocycles. The molecule has 0 aliphatic carbocycles. The molecule has 1 rings (SSSR count). The summed E-state index contributed by atoms with van der Waals surface area (Å²) in [5.41, 5.74) is 0. The third kappa shape index (κ3) is 2.21. The third-order valence-corrected chi connectivity index (χ3v) is 2.43. The van der Waals surface area contributed by atoms with Crippen LogP contribution in [-0.4, -0.2) is 11.0 Å². The van der Waals surface area contributed by atoms with Crippen molar-refractivity contribution < 1.29 is 0 Å². The fourth-order valence-electron chi connectivity index (χ4n) is 0.705. The summed E-state index contributed by atoms with van der Waals surface area (Å²) >= 11 is 1.39. The minimum atomic E-state index is 0.419. The van der Waals surface area contributed by atoms with E-state index < -0.39 is 0 Å². The minimum Gasteiger partial charge on any atom is -0.359 e. The van der Waals surface area contributed by atoms with E-state index >= 15 is 0 Å². The number of anilines is 1. The Morgan fingerprint density at radius 3 is 3.08 bits per heavy atom. The van der Waals surface area contributed by atoms with Gasteiger partial charge in [-0.05, 0) is 13.3 Å². The molecule has 0 spiro atoms. The SMILES string of the molecule is CCC(C)Nc1ncc(C#N)s1. The van der Waals surface area contributed by atoms with Gasteiger partial charge < -0.3 is 5.32 Å². The monoisotopic (exact) mass is 181 g/mol. The Kier molecular flexibility index (Phi) is 3.06. The molecule has 3 nitrogen and oxygen atoms in total. The maximum absolute atomic E-state index is 8.53. The highest BCUT2D eigenvalue weighted by Crippen LogP contribution is 2.17. The lowest BCUT2D eigenvalue weighted by Crippen LogP contribution is -2.12. The summed E-state index contributed by atoms with van der Waals surface area (Å²) < 4.78 is 0.